The lowest BCUT2D eigenvalue weighted by atomic mass is 9.78. The normalized spacial score (nSPS) is 19.4. The number of hydrogen-bond acceptors (Lipinski definition) is 1. The predicted octanol–water partition coefficient (Wildman–Crippen LogP) is 8.87. The molecule has 0 amide bonds. The van der Waals surface area contributed by atoms with E-state index in [0.717, 1.165) is 29.6 Å². The van der Waals surface area contributed by atoms with Crippen LogP contribution in [0.2, 0.25) is 0 Å². The van der Waals surface area contributed by atoms with Gasteiger partial charge in [-0.25, -0.2) is 0 Å². The van der Waals surface area contributed by atoms with Crippen LogP contribution >= 0.6 is 0 Å². The molecule has 3 unspecified atom stereocenters. The summed E-state index contributed by atoms with van der Waals surface area (Å²) in [5.74, 6) is 4.58. The summed E-state index contributed by atoms with van der Waals surface area (Å²) in [7, 11) is 0. The molecule has 0 aromatic heterocycles. The van der Waals surface area contributed by atoms with Gasteiger partial charge in [0.25, 0.3) is 0 Å². The van der Waals surface area contributed by atoms with Crippen molar-refractivity contribution in [3.63, 3.8) is 0 Å². The summed E-state index contributed by atoms with van der Waals surface area (Å²) in [5, 5.41) is 3.77. The lowest BCUT2D eigenvalue weighted by Crippen LogP contribution is -2.31. The largest absolute Gasteiger partial charge is 0.316 e. The molecule has 1 saturated carbocycles. The smallest absolute Gasteiger partial charge is 0.000262 e. The first kappa shape index (κ1) is 27.0. The minimum atomic E-state index is 0.426. The molecule has 0 aromatic rings. The highest BCUT2D eigenvalue weighted by molar-refractivity contribution is 4.76. The lowest BCUT2D eigenvalue weighted by molar-refractivity contribution is 0.236. The maximum atomic E-state index is 3.77. The first-order valence-electron chi connectivity index (χ1n) is 13.4. The van der Waals surface area contributed by atoms with Crippen molar-refractivity contribution in [1.82, 2.24) is 5.32 Å². The maximum Gasteiger partial charge on any atom is 0.000262 e. The molecule has 0 radical (unpaired) electrons. The van der Waals surface area contributed by atoms with E-state index in [1.165, 1.54) is 96.6 Å². The molecule has 1 fully saturated rings. The van der Waals surface area contributed by atoms with Gasteiger partial charge in [0.05, 0.1) is 0 Å². The molecule has 1 N–H and O–H groups in total. The van der Waals surface area contributed by atoms with Crippen molar-refractivity contribution >= 4 is 0 Å². The minimum Gasteiger partial charge on any atom is -0.316 e. The van der Waals surface area contributed by atoms with Crippen molar-refractivity contribution in [2.75, 3.05) is 13.1 Å². The van der Waals surface area contributed by atoms with Crippen LogP contribution in [0.3, 0.4) is 0 Å². The summed E-state index contributed by atoms with van der Waals surface area (Å²) >= 11 is 0. The van der Waals surface area contributed by atoms with Crippen LogP contribution in [0.25, 0.3) is 0 Å². The standard InChI is InChI=1S/C28H57N/c1-23(2)15-16-24(3)12-11-19-29-22-28(6,7)21-26(5)18-17-25(4)20-27-13-9-8-10-14-27/h23-27,29H,8-22H2,1-7H3. The van der Waals surface area contributed by atoms with E-state index in [9.17, 15) is 0 Å². The number of hydrogen-bond donors (Lipinski definition) is 1. The zero-order chi connectivity index (χ0) is 21.7. The Morgan fingerprint density at radius 2 is 1.38 bits per heavy atom. The average Bonchev–Trinajstić information content (AvgIpc) is 2.65. The third-order valence-corrected chi connectivity index (χ3v) is 7.40. The highest BCUT2D eigenvalue weighted by atomic mass is 14.9. The first-order chi connectivity index (χ1) is 13.7. The third-order valence-electron chi connectivity index (χ3n) is 7.40. The summed E-state index contributed by atoms with van der Waals surface area (Å²) in [4.78, 5) is 0. The second-order valence-corrected chi connectivity index (χ2v) is 12.3. The van der Waals surface area contributed by atoms with Crippen LogP contribution in [0.4, 0.5) is 0 Å². The zero-order valence-electron chi connectivity index (χ0n) is 21.5. The van der Waals surface area contributed by atoms with Gasteiger partial charge in [-0.15, -0.1) is 0 Å². The topological polar surface area (TPSA) is 12.0 Å². The quantitative estimate of drug-likeness (QED) is 0.252. The molecular weight excluding hydrogens is 350 g/mol. The van der Waals surface area contributed by atoms with Crippen LogP contribution in [0, 0.1) is 35.0 Å². The van der Waals surface area contributed by atoms with Crippen molar-refractivity contribution in [2.24, 2.45) is 35.0 Å². The van der Waals surface area contributed by atoms with Crippen LogP contribution in [-0.2, 0) is 0 Å². The van der Waals surface area contributed by atoms with E-state index in [2.05, 4.69) is 53.8 Å². The molecule has 1 heteroatoms. The van der Waals surface area contributed by atoms with Crippen molar-refractivity contribution in [2.45, 2.75) is 132 Å². The highest BCUT2D eigenvalue weighted by Gasteiger charge is 2.22. The Balaban J connectivity index is 2.09. The number of rotatable bonds is 16. The fourth-order valence-corrected chi connectivity index (χ4v) is 5.56. The maximum absolute atomic E-state index is 3.77. The first-order valence-corrected chi connectivity index (χ1v) is 13.4. The Bertz CT molecular complexity index is 380. The molecule has 174 valence electrons. The van der Waals surface area contributed by atoms with Crippen molar-refractivity contribution in [1.29, 1.82) is 0 Å². The molecule has 0 heterocycles. The summed E-state index contributed by atoms with van der Waals surface area (Å²) in [6.45, 7) is 19.4. The van der Waals surface area contributed by atoms with Gasteiger partial charge in [-0.1, -0.05) is 106 Å². The molecular formula is C28H57N. The third kappa shape index (κ3) is 14.6. The predicted molar refractivity (Wildman–Crippen MR) is 132 cm³/mol. The molecule has 0 bridgehead atoms. The van der Waals surface area contributed by atoms with E-state index >= 15 is 0 Å². The Morgan fingerprint density at radius 3 is 2.03 bits per heavy atom. The Hall–Kier alpha value is -0.0400. The van der Waals surface area contributed by atoms with Gasteiger partial charge in [-0.2, -0.15) is 0 Å². The molecule has 0 saturated heterocycles. The minimum absolute atomic E-state index is 0.426. The average molecular weight is 408 g/mol. The molecule has 0 aliphatic heterocycles. The van der Waals surface area contributed by atoms with Crippen molar-refractivity contribution < 1.29 is 0 Å². The molecule has 3 atom stereocenters. The Kier molecular flexibility index (Phi) is 13.8. The second kappa shape index (κ2) is 14.9. The van der Waals surface area contributed by atoms with Crippen LogP contribution in [0.5, 0.6) is 0 Å². The highest BCUT2D eigenvalue weighted by Crippen LogP contribution is 2.32. The summed E-state index contributed by atoms with van der Waals surface area (Å²) in [5.41, 5.74) is 0.426. The lowest BCUT2D eigenvalue weighted by Gasteiger charge is -2.30. The van der Waals surface area contributed by atoms with Crippen LogP contribution in [0.1, 0.15) is 132 Å². The van der Waals surface area contributed by atoms with Gasteiger partial charge in [-0.3, -0.25) is 0 Å². The van der Waals surface area contributed by atoms with Crippen LogP contribution in [-0.4, -0.2) is 13.1 Å². The summed E-state index contributed by atoms with van der Waals surface area (Å²) in [6.07, 6.45) is 18.7. The van der Waals surface area contributed by atoms with Crippen LogP contribution in [0.15, 0.2) is 0 Å². The summed E-state index contributed by atoms with van der Waals surface area (Å²) < 4.78 is 0. The van der Waals surface area contributed by atoms with Gasteiger partial charge < -0.3 is 5.32 Å². The van der Waals surface area contributed by atoms with Gasteiger partial charge in [0, 0.05) is 6.54 Å². The Morgan fingerprint density at radius 1 is 0.759 bits per heavy atom. The molecule has 1 aliphatic carbocycles. The van der Waals surface area contributed by atoms with E-state index in [4.69, 9.17) is 0 Å². The fourth-order valence-electron chi connectivity index (χ4n) is 5.56. The zero-order valence-corrected chi connectivity index (χ0v) is 21.5. The molecule has 1 aliphatic rings. The van der Waals surface area contributed by atoms with Crippen molar-refractivity contribution in [3.8, 4) is 0 Å². The Labute approximate surface area is 185 Å². The van der Waals surface area contributed by atoms with E-state index in [-0.39, 0.29) is 0 Å². The van der Waals surface area contributed by atoms with Gasteiger partial charge >= 0.3 is 0 Å². The monoisotopic (exact) mass is 407 g/mol. The molecule has 1 rings (SSSR count). The van der Waals surface area contributed by atoms with Crippen LogP contribution < -0.4 is 5.32 Å². The SMILES string of the molecule is CC(C)CCC(C)CCCNCC(C)(C)CC(C)CCC(C)CC1CCCCC1. The molecule has 0 spiro atoms. The van der Waals surface area contributed by atoms with Gasteiger partial charge in [0.1, 0.15) is 0 Å². The number of nitrogens with one attached hydrogen (secondary N) is 1. The van der Waals surface area contributed by atoms with E-state index in [1.54, 1.807) is 0 Å². The fraction of sp³-hybridized carbons (Fsp3) is 1.00. The van der Waals surface area contributed by atoms with Gasteiger partial charge in [0.2, 0.25) is 0 Å². The van der Waals surface area contributed by atoms with Crippen molar-refractivity contribution in [3.05, 3.63) is 0 Å². The molecule has 1 nitrogen and oxygen atoms in total. The summed E-state index contributed by atoms with van der Waals surface area (Å²) in [6, 6.07) is 0. The van der Waals surface area contributed by atoms with Gasteiger partial charge in [0.15, 0.2) is 0 Å². The van der Waals surface area contributed by atoms with E-state index in [1.807, 2.05) is 0 Å². The van der Waals surface area contributed by atoms with E-state index in [0.29, 0.717) is 5.41 Å². The van der Waals surface area contributed by atoms with Gasteiger partial charge in [-0.05, 0) is 67.2 Å². The van der Waals surface area contributed by atoms with E-state index < -0.39 is 0 Å². The molecule has 0 aromatic carbocycles. The second-order valence-electron chi connectivity index (χ2n) is 12.3. The molecule has 29 heavy (non-hydrogen) atoms.